The molecule has 1 aromatic carbocycles. The summed E-state index contributed by atoms with van der Waals surface area (Å²) in [5.41, 5.74) is 0.443. The van der Waals surface area contributed by atoms with Crippen LogP contribution in [-0.2, 0) is 19.7 Å². The third-order valence-corrected chi connectivity index (χ3v) is 6.20. The average molecular weight is 342 g/mol. The number of amides is 2. The number of likely N-dealkylation sites (N-methyl/N-ethyl adjacent to an activating group) is 1. The van der Waals surface area contributed by atoms with Gasteiger partial charge in [0, 0.05) is 26.3 Å². The second-order valence-corrected chi connectivity index (χ2v) is 7.58. The number of carbonyl (C=O) groups excluding carboxylic acids is 2. The highest BCUT2D eigenvalue weighted by molar-refractivity contribution is 5.95. The van der Waals surface area contributed by atoms with Crippen molar-refractivity contribution in [3.05, 3.63) is 35.9 Å². The molecular formula is C20H26N2O3. The minimum Gasteiger partial charge on any atom is -0.381 e. The number of nitrogens with zero attached hydrogens (tertiary/aromatic N) is 2. The number of hydrogen-bond acceptors (Lipinski definition) is 3. The zero-order valence-electron chi connectivity index (χ0n) is 14.9. The van der Waals surface area contributed by atoms with Crippen molar-refractivity contribution in [2.45, 2.75) is 43.6 Å². The van der Waals surface area contributed by atoms with Gasteiger partial charge in [-0.2, -0.15) is 0 Å². The van der Waals surface area contributed by atoms with Gasteiger partial charge in [-0.25, -0.2) is 0 Å². The maximum Gasteiger partial charge on any atom is 0.242 e. The first kappa shape index (κ1) is 16.6. The molecule has 1 aliphatic carbocycles. The van der Waals surface area contributed by atoms with Crippen molar-refractivity contribution in [2.75, 3.05) is 32.8 Å². The van der Waals surface area contributed by atoms with Gasteiger partial charge >= 0.3 is 0 Å². The fraction of sp³-hybridized carbons (Fsp3) is 0.600. The largest absolute Gasteiger partial charge is 0.381 e. The number of carbonyl (C=O) groups is 2. The predicted molar refractivity (Wildman–Crippen MR) is 94.1 cm³/mol. The van der Waals surface area contributed by atoms with Crippen LogP contribution in [0.4, 0.5) is 0 Å². The number of piperazine rings is 1. The molecule has 2 aliphatic heterocycles. The van der Waals surface area contributed by atoms with Crippen LogP contribution < -0.4 is 0 Å². The fourth-order valence-electron chi connectivity index (χ4n) is 4.66. The lowest BCUT2D eigenvalue weighted by Crippen LogP contribution is -2.67. The maximum absolute atomic E-state index is 13.4. The molecule has 2 amide bonds. The summed E-state index contributed by atoms with van der Waals surface area (Å²) < 4.78 is 5.53. The summed E-state index contributed by atoms with van der Waals surface area (Å²) in [6.45, 7) is 4.90. The first-order chi connectivity index (χ1) is 12.1. The molecule has 5 nitrogen and oxygen atoms in total. The molecule has 0 radical (unpaired) electrons. The summed E-state index contributed by atoms with van der Waals surface area (Å²) >= 11 is 0. The van der Waals surface area contributed by atoms with Crippen molar-refractivity contribution in [3.8, 4) is 0 Å². The van der Waals surface area contributed by atoms with Gasteiger partial charge < -0.3 is 14.5 Å². The third kappa shape index (κ3) is 2.65. The standard InChI is InChI=1S/C20H26N2O3/c1-2-22-17(23)14-21(15-19(22)10-12-25-13-11-19)18(24)20(8-9-20)16-6-4-3-5-7-16/h3-7H,2,8-15H2,1H3. The highest BCUT2D eigenvalue weighted by Gasteiger charge is 2.56. The van der Waals surface area contributed by atoms with Crippen molar-refractivity contribution in [1.82, 2.24) is 9.80 Å². The molecule has 25 heavy (non-hydrogen) atoms. The molecule has 1 spiro atoms. The summed E-state index contributed by atoms with van der Waals surface area (Å²) in [6.07, 6.45) is 3.39. The Morgan fingerprint density at radius 1 is 1.12 bits per heavy atom. The van der Waals surface area contributed by atoms with Crippen LogP contribution in [0.15, 0.2) is 30.3 Å². The van der Waals surface area contributed by atoms with E-state index in [0.717, 1.165) is 31.2 Å². The topological polar surface area (TPSA) is 49.9 Å². The van der Waals surface area contributed by atoms with Crippen molar-refractivity contribution in [1.29, 1.82) is 0 Å². The first-order valence-corrected chi connectivity index (χ1v) is 9.34. The summed E-state index contributed by atoms with van der Waals surface area (Å²) in [6, 6.07) is 10.0. The van der Waals surface area contributed by atoms with Gasteiger partial charge in [0.1, 0.15) is 0 Å². The van der Waals surface area contributed by atoms with Crippen LogP contribution in [0.5, 0.6) is 0 Å². The SMILES string of the molecule is CCN1C(=O)CN(C(=O)C2(c3ccccc3)CC2)CC12CCOCC2. The molecule has 0 unspecified atom stereocenters. The van der Waals surface area contributed by atoms with Crippen LogP contribution in [0.2, 0.25) is 0 Å². The number of benzene rings is 1. The molecule has 0 atom stereocenters. The molecule has 1 aromatic rings. The highest BCUT2D eigenvalue weighted by atomic mass is 16.5. The van der Waals surface area contributed by atoms with Crippen LogP contribution in [-0.4, -0.2) is 60.0 Å². The molecule has 0 bridgehead atoms. The van der Waals surface area contributed by atoms with Gasteiger partial charge in [0.25, 0.3) is 0 Å². The molecule has 134 valence electrons. The van der Waals surface area contributed by atoms with E-state index in [1.807, 2.05) is 47.1 Å². The monoisotopic (exact) mass is 342 g/mol. The summed E-state index contributed by atoms with van der Waals surface area (Å²) in [7, 11) is 0. The quantitative estimate of drug-likeness (QED) is 0.844. The van der Waals surface area contributed by atoms with E-state index in [4.69, 9.17) is 4.74 Å². The van der Waals surface area contributed by atoms with Crippen LogP contribution >= 0.6 is 0 Å². The molecule has 5 heteroatoms. The fourth-order valence-corrected chi connectivity index (χ4v) is 4.66. The number of rotatable bonds is 3. The van der Waals surface area contributed by atoms with E-state index in [1.165, 1.54) is 0 Å². The average Bonchev–Trinajstić information content (AvgIpc) is 3.44. The highest BCUT2D eigenvalue weighted by Crippen LogP contribution is 2.50. The van der Waals surface area contributed by atoms with Gasteiger partial charge in [-0.15, -0.1) is 0 Å². The van der Waals surface area contributed by atoms with E-state index in [-0.39, 0.29) is 23.9 Å². The Morgan fingerprint density at radius 2 is 1.80 bits per heavy atom. The lowest BCUT2D eigenvalue weighted by molar-refractivity contribution is -0.161. The molecule has 2 saturated heterocycles. The summed E-state index contributed by atoms with van der Waals surface area (Å²) in [5.74, 6) is 0.210. The summed E-state index contributed by atoms with van der Waals surface area (Å²) in [4.78, 5) is 30.0. The molecule has 2 heterocycles. The zero-order chi connectivity index (χ0) is 17.5. The van der Waals surface area contributed by atoms with Gasteiger partial charge in [0.05, 0.1) is 17.5 Å². The van der Waals surface area contributed by atoms with Gasteiger partial charge in [0.15, 0.2) is 0 Å². The molecule has 3 aliphatic rings. The first-order valence-electron chi connectivity index (χ1n) is 9.34. The molecule has 0 N–H and O–H groups in total. The van der Waals surface area contributed by atoms with E-state index in [2.05, 4.69) is 0 Å². The number of hydrogen-bond donors (Lipinski definition) is 0. The Morgan fingerprint density at radius 3 is 2.40 bits per heavy atom. The Labute approximate surface area is 148 Å². The zero-order valence-corrected chi connectivity index (χ0v) is 14.9. The predicted octanol–water partition coefficient (Wildman–Crippen LogP) is 1.96. The molecule has 3 fully saturated rings. The lowest BCUT2D eigenvalue weighted by atomic mass is 9.84. The van der Waals surface area contributed by atoms with Crippen LogP contribution in [0.1, 0.15) is 38.2 Å². The minimum absolute atomic E-state index is 0.0767. The second kappa shape index (κ2) is 6.13. The Hall–Kier alpha value is -1.88. The van der Waals surface area contributed by atoms with Crippen molar-refractivity contribution in [3.63, 3.8) is 0 Å². The van der Waals surface area contributed by atoms with Gasteiger partial charge in [-0.1, -0.05) is 30.3 Å². The lowest BCUT2D eigenvalue weighted by Gasteiger charge is -2.52. The van der Waals surface area contributed by atoms with Crippen molar-refractivity contribution >= 4 is 11.8 Å². The molecule has 4 rings (SSSR count). The van der Waals surface area contributed by atoms with Crippen molar-refractivity contribution in [2.24, 2.45) is 0 Å². The van der Waals surface area contributed by atoms with Crippen LogP contribution in [0.25, 0.3) is 0 Å². The Balaban J connectivity index is 1.61. The van der Waals surface area contributed by atoms with E-state index in [1.54, 1.807) is 0 Å². The van der Waals surface area contributed by atoms with E-state index in [0.29, 0.717) is 26.3 Å². The molecular weight excluding hydrogens is 316 g/mol. The van der Waals surface area contributed by atoms with Gasteiger partial charge in [-0.3, -0.25) is 9.59 Å². The molecule has 0 aromatic heterocycles. The number of ether oxygens (including phenoxy) is 1. The van der Waals surface area contributed by atoms with E-state index >= 15 is 0 Å². The van der Waals surface area contributed by atoms with E-state index < -0.39 is 5.41 Å². The Bertz CT molecular complexity index is 663. The smallest absolute Gasteiger partial charge is 0.242 e. The van der Waals surface area contributed by atoms with Gasteiger partial charge in [-0.05, 0) is 38.2 Å². The summed E-state index contributed by atoms with van der Waals surface area (Å²) in [5, 5.41) is 0. The van der Waals surface area contributed by atoms with E-state index in [9.17, 15) is 9.59 Å². The van der Waals surface area contributed by atoms with Crippen molar-refractivity contribution < 1.29 is 14.3 Å². The molecule has 1 saturated carbocycles. The second-order valence-electron chi connectivity index (χ2n) is 7.58. The van der Waals surface area contributed by atoms with Gasteiger partial charge in [0.2, 0.25) is 11.8 Å². The Kier molecular flexibility index (Phi) is 4.07. The maximum atomic E-state index is 13.4. The third-order valence-electron chi connectivity index (χ3n) is 6.20. The van der Waals surface area contributed by atoms with Crippen LogP contribution in [0, 0.1) is 0 Å². The minimum atomic E-state index is -0.401. The normalized spacial score (nSPS) is 24.4. The van der Waals surface area contributed by atoms with Crippen LogP contribution in [0.3, 0.4) is 0 Å².